The van der Waals surface area contributed by atoms with Crippen molar-refractivity contribution in [3.05, 3.63) is 54.1 Å². The van der Waals surface area contributed by atoms with Crippen LogP contribution in [-0.2, 0) is 0 Å². The number of ether oxygens (including phenoxy) is 1. The monoisotopic (exact) mass is 282 g/mol. The van der Waals surface area contributed by atoms with Crippen LogP contribution >= 0.6 is 0 Å². The molecule has 1 aliphatic rings. The summed E-state index contributed by atoms with van der Waals surface area (Å²) in [6.07, 6.45) is 1.07. The number of nitrogens with one attached hydrogen (secondary N) is 1. The summed E-state index contributed by atoms with van der Waals surface area (Å²) in [5.74, 6) is 1.00. The molecule has 3 rings (SSSR count). The molecule has 0 amide bonds. The number of hydrogen-bond donors (Lipinski definition) is 1. The molecule has 0 aliphatic carbocycles. The number of para-hydroxylation sites is 2. The molecule has 21 heavy (non-hydrogen) atoms. The van der Waals surface area contributed by atoms with E-state index in [1.165, 1.54) is 16.9 Å². The number of rotatable bonds is 4. The van der Waals surface area contributed by atoms with Gasteiger partial charge in [0.1, 0.15) is 5.75 Å². The molecule has 0 spiro atoms. The lowest BCUT2D eigenvalue weighted by atomic mass is 10.2. The average Bonchev–Trinajstić information content (AvgIpc) is 2.72. The second-order valence-electron chi connectivity index (χ2n) is 5.45. The zero-order valence-electron chi connectivity index (χ0n) is 12.5. The van der Waals surface area contributed by atoms with E-state index in [1.807, 2.05) is 6.07 Å². The highest BCUT2D eigenvalue weighted by molar-refractivity contribution is 5.59. The fourth-order valence-corrected chi connectivity index (χ4v) is 2.64. The van der Waals surface area contributed by atoms with Crippen molar-refractivity contribution >= 4 is 11.4 Å². The third-order valence-electron chi connectivity index (χ3n) is 3.80. The summed E-state index contributed by atoms with van der Waals surface area (Å²) in [6, 6.07) is 16.9. The van der Waals surface area contributed by atoms with E-state index in [9.17, 15) is 0 Å². The molecule has 110 valence electrons. The zero-order chi connectivity index (χ0) is 14.5. The van der Waals surface area contributed by atoms with Crippen molar-refractivity contribution in [3.8, 4) is 5.75 Å². The molecule has 1 aliphatic heterocycles. The van der Waals surface area contributed by atoms with Crippen molar-refractivity contribution in [1.82, 2.24) is 0 Å². The first kappa shape index (κ1) is 13.8. The van der Waals surface area contributed by atoms with Crippen LogP contribution in [0.3, 0.4) is 0 Å². The predicted octanol–water partition coefficient (Wildman–Crippen LogP) is 3.70. The van der Waals surface area contributed by atoms with E-state index in [0.29, 0.717) is 0 Å². The molecule has 2 aromatic carbocycles. The molecule has 0 unspecified atom stereocenters. The standard InChI is InChI=1S/C18H22N2O/c1-15-7-9-16(10-8-15)19-11-13-20-12-4-14-21-18-6-3-2-5-17(18)20/h2-3,5-10,19H,4,11-14H2,1H3. The summed E-state index contributed by atoms with van der Waals surface area (Å²) in [7, 11) is 0. The molecule has 0 atom stereocenters. The minimum atomic E-state index is 0.804. The third kappa shape index (κ3) is 3.48. The highest BCUT2D eigenvalue weighted by atomic mass is 16.5. The minimum absolute atomic E-state index is 0.804. The molecule has 0 bridgehead atoms. The van der Waals surface area contributed by atoms with Gasteiger partial charge in [0.2, 0.25) is 0 Å². The van der Waals surface area contributed by atoms with E-state index in [2.05, 4.69) is 59.6 Å². The molecular formula is C18H22N2O. The van der Waals surface area contributed by atoms with Gasteiger partial charge in [0.05, 0.1) is 12.3 Å². The van der Waals surface area contributed by atoms with Crippen LogP contribution in [0.25, 0.3) is 0 Å². The lowest BCUT2D eigenvalue weighted by Crippen LogP contribution is -2.29. The average molecular weight is 282 g/mol. The Labute approximate surface area is 126 Å². The maximum atomic E-state index is 5.79. The van der Waals surface area contributed by atoms with E-state index in [1.54, 1.807) is 0 Å². The smallest absolute Gasteiger partial charge is 0.142 e. The van der Waals surface area contributed by atoms with Crippen molar-refractivity contribution in [3.63, 3.8) is 0 Å². The van der Waals surface area contributed by atoms with Crippen molar-refractivity contribution in [2.45, 2.75) is 13.3 Å². The fourth-order valence-electron chi connectivity index (χ4n) is 2.64. The van der Waals surface area contributed by atoms with Crippen molar-refractivity contribution in [1.29, 1.82) is 0 Å². The highest BCUT2D eigenvalue weighted by Gasteiger charge is 2.14. The van der Waals surface area contributed by atoms with Gasteiger partial charge in [-0.05, 0) is 37.6 Å². The second-order valence-corrected chi connectivity index (χ2v) is 5.45. The van der Waals surface area contributed by atoms with Crippen molar-refractivity contribution < 1.29 is 4.74 Å². The van der Waals surface area contributed by atoms with Gasteiger partial charge in [-0.15, -0.1) is 0 Å². The third-order valence-corrected chi connectivity index (χ3v) is 3.80. The number of nitrogens with zero attached hydrogens (tertiary/aromatic N) is 1. The summed E-state index contributed by atoms with van der Waals surface area (Å²) in [5, 5.41) is 3.49. The molecule has 2 aromatic rings. The molecule has 0 saturated heterocycles. The van der Waals surface area contributed by atoms with Crippen LogP contribution in [-0.4, -0.2) is 26.2 Å². The Kier molecular flexibility index (Phi) is 4.29. The maximum absolute atomic E-state index is 5.79. The number of fused-ring (bicyclic) bond motifs is 1. The Morgan fingerprint density at radius 2 is 1.90 bits per heavy atom. The Morgan fingerprint density at radius 3 is 2.76 bits per heavy atom. The number of benzene rings is 2. The summed E-state index contributed by atoms with van der Waals surface area (Å²) in [4.78, 5) is 2.41. The summed E-state index contributed by atoms with van der Waals surface area (Å²) >= 11 is 0. The van der Waals surface area contributed by atoms with Crippen LogP contribution in [0.2, 0.25) is 0 Å². The van der Waals surface area contributed by atoms with Crippen LogP contribution in [0.1, 0.15) is 12.0 Å². The van der Waals surface area contributed by atoms with E-state index in [0.717, 1.165) is 38.4 Å². The van der Waals surface area contributed by atoms with Crippen LogP contribution in [0.4, 0.5) is 11.4 Å². The molecule has 0 fully saturated rings. The van der Waals surface area contributed by atoms with Gasteiger partial charge in [-0.3, -0.25) is 0 Å². The lowest BCUT2D eigenvalue weighted by Gasteiger charge is -2.24. The van der Waals surface area contributed by atoms with E-state index < -0.39 is 0 Å². The molecular weight excluding hydrogens is 260 g/mol. The molecule has 1 heterocycles. The molecule has 0 aromatic heterocycles. The van der Waals surface area contributed by atoms with Gasteiger partial charge in [-0.25, -0.2) is 0 Å². The maximum Gasteiger partial charge on any atom is 0.142 e. The first-order valence-electron chi connectivity index (χ1n) is 7.60. The molecule has 3 heteroatoms. The summed E-state index contributed by atoms with van der Waals surface area (Å²) in [5.41, 5.74) is 3.68. The summed E-state index contributed by atoms with van der Waals surface area (Å²) in [6.45, 7) is 5.87. The second kappa shape index (κ2) is 6.53. The molecule has 3 nitrogen and oxygen atoms in total. The van der Waals surface area contributed by atoms with E-state index >= 15 is 0 Å². The number of anilines is 2. The van der Waals surface area contributed by atoms with Gasteiger partial charge in [0.25, 0.3) is 0 Å². The Balaban J connectivity index is 1.61. The molecule has 0 saturated carbocycles. The minimum Gasteiger partial charge on any atom is -0.491 e. The van der Waals surface area contributed by atoms with Crippen molar-refractivity contribution in [2.24, 2.45) is 0 Å². The Bertz CT molecular complexity index is 580. The first-order valence-corrected chi connectivity index (χ1v) is 7.60. The van der Waals surface area contributed by atoms with Crippen LogP contribution < -0.4 is 15.0 Å². The van der Waals surface area contributed by atoms with Gasteiger partial charge < -0.3 is 15.0 Å². The van der Waals surface area contributed by atoms with Gasteiger partial charge in [0.15, 0.2) is 0 Å². The van der Waals surface area contributed by atoms with Crippen molar-refractivity contribution in [2.75, 3.05) is 36.5 Å². The van der Waals surface area contributed by atoms with Gasteiger partial charge in [0, 0.05) is 25.3 Å². The zero-order valence-corrected chi connectivity index (χ0v) is 12.5. The SMILES string of the molecule is Cc1ccc(NCCN2CCCOc3ccccc32)cc1. The number of aryl methyl sites for hydroxylation is 1. The van der Waals surface area contributed by atoms with Crippen LogP contribution in [0.5, 0.6) is 5.75 Å². The topological polar surface area (TPSA) is 24.5 Å². The quantitative estimate of drug-likeness (QED) is 0.925. The van der Waals surface area contributed by atoms with Crippen LogP contribution in [0, 0.1) is 6.92 Å². The largest absolute Gasteiger partial charge is 0.491 e. The predicted molar refractivity (Wildman–Crippen MR) is 88.4 cm³/mol. The van der Waals surface area contributed by atoms with Crippen LogP contribution in [0.15, 0.2) is 48.5 Å². The lowest BCUT2D eigenvalue weighted by molar-refractivity contribution is 0.322. The van der Waals surface area contributed by atoms with E-state index in [-0.39, 0.29) is 0 Å². The van der Waals surface area contributed by atoms with Gasteiger partial charge in [-0.1, -0.05) is 29.8 Å². The molecule has 0 radical (unpaired) electrons. The molecule has 1 N–H and O–H groups in total. The first-order chi connectivity index (χ1) is 10.3. The normalized spacial score (nSPS) is 14.0. The Hall–Kier alpha value is -2.16. The van der Waals surface area contributed by atoms with Gasteiger partial charge >= 0.3 is 0 Å². The van der Waals surface area contributed by atoms with E-state index in [4.69, 9.17) is 4.74 Å². The summed E-state index contributed by atoms with van der Waals surface area (Å²) < 4.78 is 5.79. The van der Waals surface area contributed by atoms with Gasteiger partial charge in [-0.2, -0.15) is 0 Å². The number of hydrogen-bond acceptors (Lipinski definition) is 3. The Morgan fingerprint density at radius 1 is 1.10 bits per heavy atom. The fraction of sp³-hybridized carbons (Fsp3) is 0.333. The highest BCUT2D eigenvalue weighted by Crippen LogP contribution is 2.30.